The molecule has 2 rings (SSSR count). The van der Waals surface area contributed by atoms with E-state index >= 15 is 0 Å². The predicted octanol–water partition coefficient (Wildman–Crippen LogP) is 3.86. The number of hydrogen-bond donors (Lipinski definition) is 1. The molecule has 0 radical (unpaired) electrons. The lowest BCUT2D eigenvalue weighted by Crippen LogP contribution is -2.14. The number of ether oxygens (including phenoxy) is 2. The van der Waals surface area contributed by atoms with E-state index < -0.39 is 10.8 Å². The third kappa shape index (κ3) is 4.13. The van der Waals surface area contributed by atoms with Gasteiger partial charge >= 0.3 is 0 Å². The Balaban J connectivity index is 2.41. The maximum absolute atomic E-state index is 12.4. The molecule has 7 nitrogen and oxygen atoms in total. The van der Waals surface area contributed by atoms with Crippen molar-refractivity contribution in [2.45, 2.75) is 6.92 Å². The molecule has 24 heavy (non-hydrogen) atoms. The number of nitro groups is 1. The molecule has 2 aromatic carbocycles. The molecule has 0 fully saturated rings. The molecule has 2 aromatic rings. The zero-order chi connectivity index (χ0) is 17.7. The van der Waals surface area contributed by atoms with Crippen LogP contribution in [0.3, 0.4) is 0 Å². The molecule has 126 valence electrons. The largest absolute Gasteiger partial charge is 0.493 e. The molecule has 1 N–H and O–H groups in total. The number of nitrogens with one attached hydrogen (secondary N) is 1. The molecule has 0 unspecified atom stereocenters. The third-order valence-corrected chi connectivity index (χ3v) is 3.84. The van der Waals surface area contributed by atoms with Gasteiger partial charge in [-0.2, -0.15) is 0 Å². The van der Waals surface area contributed by atoms with Crippen LogP contribution in [0.25, 0.3) is 0 Å². The first-order valence-corrected chi connectivity index (χ1v) is 8.10. The quantitative estimate of drug-likeness (QED) is 0.417. The van der Waals surface area contributed by atoms with Gasteiger partial charge in [-0.05, 0) is 53.8 Å². The summed E-state index contributed by atoms with van der Waals surface area (Å²) in [6.07, 6.45) is 0. The van der Waals surface area contributed by atoms with E-state index in [1.807, 2.05) is 12.1 Å². The highest BCUT2D eigenvalue weighted by Gasteiger charge is 2.24. The second kappa shape index (κ2) is 7.95. The van der Waals surface area contributed by atoms with Crippen molar-refractivity contribution in [3.8, 4) is 11.5 Å². The van der Waals surface area contributed by atoms with Crippen LogP contribution in [0.4, 0.5) is 11.4 Å². The van der Waals surface area contributed by atoms with E-state index in [2.05, 4.69) is 27.9 Å². The first-order chi connectivity index (χ1) is 11.5. The number of nitrogens with zero attached hydrogens (tertiary/aromatic N) is 1. The van der Waals surface area contributed by atoms with Gasteiger partial charge in [-0.1, -0.05) is 0 Å². The zero-order valence-electron chi connectivity index (χ0n) is 13.0. The number of benzene rings is 2. The van der Waals surface area contributed by atoms with Crippen LogP contribution in [0.15, 0.2) is 36.4 Å². The second-order valence-electron chi connectivity index (χ2n) is 4.67. The number of methoxy groups -OCH3 is 1. The average molecular weight is 442 g/mol. The van der Waals surface area contributed by atoms with Gasteiger partial charge < -0.3 is 14.8 Å². The average Bonchev–Trinajstić information content (AvgIpc) is 2.56. The molecule has 0 saturated heterocycles. The van der Waals surface area contributed by atoms with Gasteiger partial charge in [0.05, 0.1) is 24.7 Å². The standard InChI is InChI=1S/C16H15IN2O5/c1-3-24-15-9-13(19(21)22)12(8-14(15)23-2)16(20)18-11-6-4-10(17)5-7-11/h4-9H,3H2,1-2H3,(H,18,20). The molecule has 0 aromatic heterocycles. The highest BCUT2D eigenvalue weighted by molar-refractivity contribution is 14.1. The van der Waals surface area contributed by atoms with Crippen LogP contribution in [0.1, 0.15) is 17.3 Å². The van der Waals surface area contributed by atoms with E-state index in [1.54, 1.807) is 19.1 Å². The van der Waals surface area contributed by atoms with Crippen molar-refractivity contribution in [3.63, 3.8) is 0 Å². The smallest absolute Gasteiger partial charge is 0.286 e. The summed E-state index contributed by atoms with van der Waals surface area (Å²) in [6, 6.07) is 9.59. The minimum Gasteiger partial charge on any atom is -0.493 e. The molecule has 8 heteroatoms. The Morgan fingerprint density at radius 2 is 1.92 bits per heavy atom. The summed E-state index contributed by atoms with van der Waals surface area (Å²) >= 11 is 2.14. The maximum atomic E-state index is 12.4. The summed E-state index contributed by atoms with van der Waals surface area (Å²) in [7, 11) is 1.41. The summed E-state index contributed by atoms with van der Waals surface area (Å²) in [4.78, 5) is 23.1. The van der Waals surface area contributed by atoms with Crippen molar-refractivity contribution >= 4 is 39.9 Å². The number of anilines is 1. The van der Waals surface area contributed by atoms with Gasteiger partial charge in [0.25, 0.3) is 11.6 Å². The monoisotopic (exact) mass is 442 g/mol. The van der Waals surface area contributed by atoms with Crippen molar-refractivity contribution in [1.29, 1.82) is 0 Å². The zero-order valence-corrected chi connectivity index (χ0v) is 15.2. The number of carbonyl (C=O) groups excluding carboxylic acids is 1. The number of hydrogen-bond acceptors (Lipinski definition) is 5. The van der Waals surface area contributed by atoms with Gasteiger partial charge in [0.1, 0.15) is 5.56 Å². The Hall–Kier alpha value is -2.36. The molecule has 0 saturated carbocycles. The Bertz CT molecular complexity index is 762. The maximum Gasteiger partial charge on any atom is 0.286 e. The number of amides is 1. The normalized spacial score (nSPS) is 10.1. The molecule has 0 aliphatic rings. The van der Waals surface area contributed by atoms with E-state index in [-0.39, 0.29) is 22.7 Å². The summed E-state index contributed by atoms with van der Waals surface area (Å²) in [6.45, 7) is 2.07. The lowest BCUT2D eigenvalue weighted by molar-refractivity contribution is -0.385. The molecule has 0 aliphatic carbocycles. The van der Waals surface area contributed by atoms with Crippen molar-refractivity contribution < 1.29 is 19.2 Å². The molecule has 0 atom stereocenters. The molecule has 1 amide bonds. The lowest BCUT2D eigenvalue weighted by Gasteiger charge is -2.12. The highest BCUT2D eigenvalue weighted by Crippen LogP contribution is 2.35. The van der Waals surface area contributed by atoms with Crippen molar-refractivity contribution in [3.05, 3.63) is 55.6 Å². The van der Waals surface area contributed by atoms with Gasteiger partial charge in [0.2, 0.25) is 0 Å². The van der Waals surface area contributed by atoms with Crippen LogP contribution in [0.5, 0.6) is 11.5 Å². The number of carbonyl (C=O) groups is 1. The Morgan fingerprint density at radius 3 is 2.46 bits per heavy atom. The van der Waals surface area contributed by atoms with Gasteiger partial charge in [-0.15, -0.1) is 0 Å². The fraction of sp³-hybridized carbons (Fsp3) is 0.188. The minimum atomic E-state index is -0.620. The first-order valence-electron chi connectivity index (χ1n) is 7.02. The van der Waals surface area contributed by atoms with Gasteiger partial charge in [0.15, 0.2) is 11.5 Å². The van der Waals surface area contributed by atoms with E-state index in [1.165, 1.54) is 19.2 Å². The fourth-order valence-corrected chi connectivity index (χ4v) is 2.40. The van der Waals surface area contributed by atoms with Crippen LogP contribution in [0.2, 0.25) is 0 Å². The summed E-state index contributed by atoms with van der Waals surface area (Å²) in [5.74, 6) is -0.114. The number of rotatable bonds is 6. The lowest BCUT2D eigenvalue weighted by atomic mass is 10.1. The Labute approximate surface area is 152 Å². The summed E-state index contributed by atoms with van der Waals surface area (Å²) < 4.78 is 11.5. The molecular formula is C16H15IN2O5. The SMILES string of the molecule is CCOc1cc([N+](=O)[O-])c(C(=O)Nc2ccc(I)cc2)cc1OC. The molecule has 0 heterocycles. The van der Waals surface area contributed by atoms with Crippen molar-refractivity contribution in [1.82, 2.24) is 0 Å². The van der Waals surface area contributed by atoms with Crippen LogP contribution >= 0.6 is 22.6 Å². The van der Waals surface area contributed by atoms with Crippen LogP contribution in [-0.2, 0) is 0 Å². The molecule has 0 spiro atoms. The van der Waals surface area contributed by atoms with Crippen molar-refractivity contribution in [2.75, 3.05) is 19.0 Å². The number of halogens is 1. The summed E-state index contributed by atoms with van der Waals surface area (Å²) in [5, 5.41) is 13.9. The number of nitro benzene ring substituents is 1. The van der Waals surface area contributed by atoms with E-state index in [0.717, 1.165) is 3.57 Å². The van der Waals surface area contributed by atoms with E-state index in [9.17, 15) is 14.9 Å². The molecule has 0 aliphatic heterocycles. The van der Waals surface area contributed by atoms with Gasteiger partial charge in [-0.25, -0.2) is 0 Å². The van der Waals surface area contributed by atoms with Crippen LogP contribution in [0, 0.1) is 13.7 Å². The van der Waals surface area contributed by atoms with Gasteiger partial charge in [0, 0.05) is 15.3 Å². The van der Waals surface area contributed by atoms with Crippen molar-refractivity contribution in [2.24, 2.45) is 0 Å². The van der Waals surface area contributed by atoms with E-state index in [0.29, 0.717) is 12.3 Å². The van der Waals surface area contributed by atoms with E-state index in [4.69, 9.17) is 9.47 Å². The predicted molar refractivity (Wildman–Crippen MR) is 97.9 cm³/mol. The fourth-order valence-electron chi connectivity index (χ4n) is 2.04. The minimum absolute atomic E-state index is 0.0983. The first kappa shape index (κ1) is 18.0. The summed E-state index contributed by atoms with van der Waals surface area (Å²) in [5.41, 5.74) is 0.101. The van der Waals surface area contributed by atoms with Gasteiger partial charge in [-0.3, -0.25) is 14.9 Å². The Kier molecular flexibility index (Phi) is 5.96. The van der Waals surface area contributed by atoms with Crippen LogP contribution in [-0.4, -0.2) is 24.5 Å². The van der Waals surface area contributed by atoms with Crippen LogP contribution < -0.4 is 14.8 Å². The topological polar surface area (TPSA) is 90.7 Å². The Morgan fingerprint density at radius 1 is 1.25 bits per heavy atom. The third-order valence-electron chi connectivity index (χ3n) is 3.13. The molecular weight excluding hydrogens is 427 g/mol. The second-order valence-corrected chi connectivity index (χ2v) is 5.92. The highest BCUT2D eigenvalue weighted by atomic mass is 127. The molecule has 0 bridgehead atoms.